The normalized spacial score (nSPS) is 13.3. The van der Waals surface area contributed by atoms with E-state index in [4.69, 9.17) is 0 Å². The second-order valence-electron chi connectivity index (χ2n) is 10.5. The zero-order valence-corrected chi connectivity index (χ0v) is 23.2. The molecule has 0 aliphatic rings. The van der Waals surface area contributed by atoms with Crippen molar-refractivity contribution in [2.75, 3.05) is 4.90 Å². The second-order valence-corrected chi connectivity index (χ2v) is 10.5. The molecule has 0 aliphatic carbocycles. The van der Waals surface area contributed by atoms with E-state index in [1.807, 2.05) is 0 Å². The van der Waals surface area contributed by atoms with Crippen LogP contribution in [-0.4, -0.2) is 0 Å². The molecule has 0 amide bonds. The van der Waals surface area contributed by atoms with Crippen molar-refractivity contribution in [2.24, 2.45) is 0 Å². The average molecular weight is 498 g/mol. The van der Waals surface area contributed by atoms with Gasteiger partial charge < -0.3 is 4.90 Å². The van der Waals surface area contributed by atoms with E-state index in [-0.39, 0.29) is 11.0 Å². The third-order valence-electron chi connectivity index (χ3n) is 8.80. The molecule has 0 bridgehead atoms. The van der Waals surface area contributed by atoms with Crippen LogP contribution in [0, 0.1) is 0 Å². The summed E-state index contributed by atoms with van der Waals surface area (Å²) in [5.41, 5.74) is 6.36. The Bertz CT molecular complexity index is 1460. The lowest BCUT2D eigenvalue weighted by Gasteiger charge is -2.44. The molecule has 0 radical (unpaired) electrons. The van der Waals surface area contributed by atoms with Crippen molar-refractivity contribution in [3.63, 3.8) is 0 Å². The van der Waals surface area contributed by atoms with Crippen LogP contribution >= 0.6 is 0 Å². The molecule has 192 valence electrons. The van der Waals surface area contributed by atoms with Crippen LogP contribution in [0.3, 0.4) is 0 Å². The van der Waals surface area contributed by atoms with Crippen LogP contribution in [0.1, 0.15) is 63.6 Å². The number of para-hydroxylation sites is 1. The number of fused-ring (bicyclic) bond motifs is 1. The first-order chi connectivity index (χ1) is 18.6. The fourth-order valence-corrected chi connectivity index (χ4v) is 6.30. The molecule has 1 atom stereocenters. The van der Waals surface area contributed by atoms with Gasteiger partial charge in [-0.25, -0.2) is 0 Å². The summed E-state index contributed by atoms with van der Waals surface area (Å²) in [6, 6.07) is 46.8. The first kappa shape index (κ1) is 25.8. The van der Waals surface area contributed by atoms with Gasteiger partial charge in [-0.2, -0.15) is 0 Å². The minimum absolute atomic E-state index is 0.0250. The average Bonchev–Trinajstić information content (AvgIpc) is 3.00. The predicted molar refractivity (Wildman–Crippen MR) is 164 cm³/mol. The molecule has 0 saturated carbocycles. The fourth-order valence-electron chi connectivity index (χ4n) is 6.30. The zero-order valence-electron chi connectivity index (χ0n) is 23.2. The van der Waals surface area contributed by atoms with E-state index >= 15 is 0 Å². The van der Waals surface area contributed by atoms with Crippen LogP contribution in [0.15, 0.2) is 127 Å². The third-order valence-corrected chi connectivity index (χ3v) is 8.80. The van der Waals surface area contributed by atoms with E-state index in [9.17, 15) is 0 Å². The standard InChI is InChI=1S/C37H39N/c1-5-36(4,30-25-27-32(28-26-30)37(6-2,7-3)31-19-10-8-11-20-31)38(33-21-12-9-13-22-33)35-24-16-18-29-17-14-15-23-34(29)35/h8-28H,5-7H2,1-4H3. The van der Waals surface area contributed by atoms with E-state index in [1.54, 1.807) is 0 Å². The van der Waals surface area contributed by atoms with Crippen LogP contribution in [0.4, 0.5) is 11.4 Å². The van der Waals surface area contributed by atoms with E-state index in [0.717, 1.165) is 19.3 Å². The Morgan fingerprint density at radius 3 is 1.66 bits per heavy atom. The summed E-state index contributed by atoms with van der Waals surface area (Å²) in [5, 5.41) is 2.54. The summed E-state index contributed by atoms with van der Waals surface area (Å²) in [5.74, 6) is 0. The Balaban J connectivity index is 1.66. The van der Waals surface area contributed by atoms with Gasteiger partial charge in [0.15, 0.2) is 0 Å². The number of anilines is 2. The molecule has 0 N–H and O–H groups in total. The van der Waals surface area contributed by atoms with Gasteiger partial charge in [-0.05, 0) is 66.5 Å². The van der Waals surface area contributed by atoms with E-state index in [2.05, 4.69) is 160 Å². The lowest BCUT2D eigenvalue weighted by atomic mass is 9.70. The SMILES string of the molecule is CCC(CC)(c1ccccc1)c1ccc(C(C)(CC)N(c2ccccc2)c2cccc3ccccc23)cc1. The molecular weight excluding hydrogens is 458 g/mol. The molecule has 38 heavy (non-hydrogen) atoms. The molecule has 0 saturated heterocycles. The van der Waals surface area contributed by atoms with Crippen molar-refractivity contribution in [3.8, 4) is 0 Å². The van der Waals surface area contributed by atoms with Crippen molar-refractivity contribution >= 4 is 22.1 Å². The maximum absolute atomic E-state index is 2.55. The molecule has 0 aliphatic heterocycles. The molecule has 0 fully saturated rings. The van der Waals surface area contributed by atoms with Crippen LogP contribution < -0.4 is 4.90 Å². The van der Waals surface area contributed by atoms with E-state index in [0.29, 0.717) is 0 Å². The van der Waals surface area contributed by atoms with Crippen LogP contribution in [0.2, 0.25) is 0 Å². The number of benzene rings is 5. The van der Waals surface area contributed by atoms with E-state index < -0.39 is 0 Å². The van der Waals surface area contributed by atoms with Crippen molar-refractivity contribution in [1.82, 2.24) is 0 Å². The summed E-state index contributed by atoms with van der Waals surface area (Å²) >= 11 is 0. The van der Waals surface area contributed by atoms with Gasteiger partial charge in [-0.3, -0.25) is 0 Å². The Kier molecular flexibility index (Phi) is 7.38. The third kappa shape index (κ3) is 4.41. The van der Waals surface area contributed by atoms with Crippen LogP contribution in [-0.2, 0) is 11.0 Å². The van der Waals surface area contributed by atoms with Gasteiger partial charge >= 0.3 is 0 Å². The maximum Gasteiger partial charge on any atom is 0.0672 e. The first-order valence-corrected chi connectivity index (χ1v) is 14.1. The Hall–Kier alpha value is -3.84. The minimum atomic E-state index is -0.238. The van der Waals surface area contributed by atoms with Crippen molar-refractivity contribution in [3.05, 3.63) is 144 Å². The number of nitrogens with zero attached hydrogens (tertiary/aromatic N) is 1. The lowest BCUT2D eigenvalue weighted by Crippen LogP contribution is -2.40. The lowest BCUT2D eigenvalue weighted by molar-refractivity contribution is 0.460. The Morgan fingerprint density at radius 1 is 0.500 bits per heavy atom. The number of hydrogen-bond acceptors (Lipinski definition) is 1. The highest BCUT2D eigenvalue weighted by Crippen LogP contribution is 2.45. The van der Waals surface area contributed by atoms with Gasteiger partial charge in [-0.1, -0.05) is 130 Å². The molecule has 0 spiro atoms. The molecule has 1 nitrogen and oxygen atoms in total. The van der Waals surface area contributed by atoms with Gasteiger partial charge in [0.1, 0.15) is 0 Å². The molecule has 5 rings (SSSR count). The van der Waals surface area contributed by atoms with E-state index in [1.165, 1.54) is 38.8 Å². The molecule has 5 aromatic rings. The first-order valence-electron chi connectivity index (χ1n) is 14.1. The Labute approximate surface area is 228 Å². The zero-order chi connectivity index (χ0) is 26.6. The molecule has 1 unspecified atom stereocenters. The highest BCUT2D eigenvalue weighted by atomic mass is 15.2. The van der Waals surface area contributed by atoms with Gasteiger partial charge in [0.25, 0.3) is 0 Å². The highest BCUT2D eigenvalue weighted by molar-refractivity contribution is 5.96. The number of rotatable bonds is 9. The van der Waals surface area contributed by atoms with Gasteiger partial charge in [0.2, 0.25) is 0 Å². The fraction of sp³-hybridized carbons (Fsp3) is 0.243. The topological polar surface area (TPSA) is 3.24 Å². The largest absolute Gasteiger partial charge is 0.331 e. The van der Waals surface area contributed by atoms with Crippen molar-refractivity contribution < 1.29 is 0 Å². The number of hydrogen-bond donors (Lipinski definition) is 0. The van der Waals surface area contributed by atoms with Gasteiger partial charge in [0.05, 0.1) is 5.54 Å². The smallest absolute Gasteiger partial charge is 0.0672 e. The summed E-state index contributed by atoms with van der Waals surface area (Å²) in [4.78, 5) is 2.55. The second kappa shape index (κ2) is 10.9. The quantitative estimate of drug-likeness (QED) is 0.196. The molecule has 5 aromatic carbocycles. The summed E-state index contributed by atoms with van der Waals surface area (Å²) < 4.78 is 0. The highest BCUT2D eigenvalue weighted by Gasteiger charge is 2.36. The summed E-state index contributed by atoms with van der Waals surface area (Å²) in [6.45, 7) is 9.33. The minimum Gasteiger partial charge on any atom is -0.331 e. The van der Waals surface area contributed by atoms with Crippen LogP contribution in [0.25, 0.3) is 10.8 Å². The molecule has 1 heteroatoms. The Morgan fingerprint density at radius 2 is 1.03 bits per heavy atom. The molecule has 0 aromatic heterocycles. The maximum atomic E-state index is 2.55. The predicted octanol–water partition coefficient (Wildman–Crippen LogP) is 10.4. The molecule has 0 heterocycles. The monoisotopic (exact) mass is 497 g/mol. The van der Waals surface area contributed by atoms with Gasteiger partial charge in [-0.15, -0.1) is 0 Å². The van der Waals surface area contributed by atoms with Crippen molar-refractivity contribution in [2.45, 2.75) is 57.9 Å². The summed E-state index contributed by atoms with van der Waals surface area (Å²) in [7, 11) is 0. The van der Waals surface area contributed by atoms with Crippen LogP contribution in [0.5, 0.6) is 0 Å². The molecular formula is C37H39N. The summed E-state index contributed by atoms with van der Waals surface area (Å²) in [6.07, 6.45) is 3.12. The van der Waals surface area contributed by atoms with Crippen molar-refractivity contribution in [1.29, 1.82) is 0 Å². The van der Waals surface area contributed by atoms with Gasteiger partial charge in [0, 0.05) is 22.2 Å².